The predicted molar refractivity (Wildman–Crippen MR) is 96.5 cm³/mol. The van der Waals surface area contributed by atoms with E-state index in [1.165, 1.54) is 0 Å². The van der Waals surface area contributed by atoms with Crippen LogP contribution in [-0.2, 0) is 19.7 Å². The number of ketones is 1. The molecule has 0 saturated carbocycles. The summed E-state index contributed by atoms with van der Waals surface area (Å²) in [5, 5.41) is 0. The van der Waals surface area contributed by atoms with Crippen LogP contribution in [0.5, 0.6) is 0 Å². The molecule has 0 aromatic heterocycles. The SMILES string of the molecule is CC(=O)C1(c2ccccc2)CCN([C@@H](C)C(=O)N2CCOCC2)CC1. The highest BCUT2D eigenvalue weighted by atomic mass is 16.5. The van der Waals surface area contributed by atoms with Crippen molar-refractivity contribution in [2.45, 2.75) is 38.1 Å². The molecule has 0 radical (unpaired) electrons. The van der Waals surface area contributed by atoms with Crippen LogP contribution in [0.15, 0.2) is 30.3 Å². The van der Waals surface area contributed by atoms with Crippen molar-refractivity contribution >= 4 is 11.7 Å². The Morgan fingerprint density at radius 1 is 1.04 bits per heavy atom. The molecular weight excluding hydrogens is 316 g/mol. The Morgan fingerprint density at radius 2 is 1.64 bits per heavy atom. The van der Waals surface area contributed by atoms with Crippen molar-refractivity contribution in [3.63, 3.8) is 0 Å². The fourth-order valence-electron chi connectivity index (χ4n) is 4.10. The van der Waals surface area contributed by atoms with E-state index in [2.05, 4.69) is 17.0 Å². The van der Waals surface area contributed by atoms with Crippen LogP contribution < -0.4 is 0 Å². The molecule has 0 N–H and O–H groups in total. The van der Waals surface area contributed by atoms with Crippen LogP contribution in [0.3, 0.4) is 0 Å². The largest absolute Gasteiger partial charge is 0.378 e. The van der Waals surface area contributed by atoms with E-state index in [9.17, 15) is 9.59 Å². The Bertz CT molecular complexity index is 603. The van der Waals surface area contributed by atoms with Crippen LogP contribution in [0.25, 0.3) is 0 Å². The molecule has 136 valence electrons. The number of Topliss-reactive ketones (excluding diaryl/α,β-unsaturated/α-hetero) is 1. The number of ether oxygens (including phenoxy) is 1. The van der Waals surface area contributed by atoms with E-state index in [-0.39, 0.29) is 17.7 Å². The lowest BCUT2D eigenvalue weighted by molar-refractivity contribution is -0.141. The summed E-state index contributed by atoms with van der Waals surface area (Å²) < 4.78 is 5.33. The normalized spacial score (nSPS) is 22.4. The van der Waals surface area contributed by atoms with E-state index >= 15 is 0 Å². The number of carbonyl (C=O) groups is 2. The molecule has 2 saturated heterocycles. The molecule has 2 heterocycles. The maximum Gasteiger partial charge on any atom is 0.239 e. The fraction of sp³-hybridized carbons (Fsp3) is 0.600. The minimum atomic E-state index is -0.403. The van der Waals surface area contributed by atoms with Crippen molar-refractivity contribution in [2.24, 2.45) is 0 Å². The van der Waals surface area contributed by atoms with Crippen LogP contribution in [0.1, 0.15) is 32.3 Å². The Hall–Kier alpha value is -1.72. The van der Waals surface area contributed by atoms with Crippen LogP contribution in [0.2, 0.25) is 0 Å². The number of rotatable bonds is 4. The van der Waals surface area contributed by atoms with Gasteiger partial charge in [0, 0.05) is 26.2 Å². The number of amides is 1. The van der Waals surface area contributed by atoms with Gasteiger partial charge in [0.1, 0.15) is 5.78 Å². The third-order valence-electron chi connectivity index (χ3n) is 5.88. The Morgan fingerprint density at radius 3 is 2.20 bits per heavy atom. The van der Waals surface area contributed by atoms with Crippen LogP contribution in [0.4, 0.5) is 0 Å². The molecule has 1 atom stereocenters. The molecule has 0 unspecified atom stereocenters. The third kappa shape index (κ3) is 3.62. The first-order valence-corrected chi connectivity index (χ1v) is 9.22. The molecule has 5 heteroatoms. The number of hydrogen-bond acceptors (Lipinski definition) is 4. The maximum absolute atomic E-state index is 12.7. The number of morpholine rings is 1. The molecule has 3 rings (SSSR count). The third-order valence-corrected chi connectivity index (χ3v) is 5.88. The number of nitrogens with zero attached hydrogens (tertiary/aromatic N) is 2. The summed E-state index contributed by atoms with van der Waals surface area (Å²) in [6.45, 7) is 7.83. The predicted octanol–water partition coefficient (Wildman–Crippen LogP) is 1.86. The van der Waals surface area contributed by atoms with Crippen molar-refractivity contribution < 1.29 is 14.3 Å². The summed E-state index contributed by atoms with van der Waals surface area (Å²) in [6.07, 6.45) is 1.54. The molecule has 1 aromatic rings. The molecule has 0 bridgehead atoms. The summed E-state index contributed by atoms with van der Waals surface area (Å²) in [5.74, 6) is 0.406. The second kappa shape index (κ2) is 7.67. The van der Waals surface area contributed by atoms with Gasteiger partial charge in [-0.15, -0.1) is 0 Å². The zero-order chi connectivity index (χ0) is 17.9. The molecule has 0 aliphatic carbocycles. The van der Waals surface area contributed by atoms with Crippen molar-refractivity contribution in [3.05, 3.63) is 35.9 Å². The summed E-state index contributed by atoms with van der Waals surface area (Å²) in [6, 6.07) is 9.95. The average molecular weight is 344 g/mol. The Balaban J connectivity index is 1.67. The van der Waals surface area contributed by atoms with Gasteiger partial charge in [0.2, 0.25) is 5.91 Å². The van der Waals surface area contributed by atoms with Gasteiger partial charge in [-0.05, 0) is 32.3 Å². The van der Waals surface area contributed by atoms with Gasteiger partial charge in [-0.1, -0.05) is 30.3 Å². The summed E-state index contributed by atoms with van der Waals surface area (Å²) >= 11 is 0. The minimum absolute atomic E-state index is 0.140. The lowest BCUT2D eigenvalue weighted by atomic mass is 9.70. The molecule has 25 heavy (non-hydrogen) atoms. The van der Waals surface area contributed by atoms with Crippen LogP contribution in [-0.4, -0.2) is 66.9 Å². The van der Waals surface area contributed by atoms with E-state index in [4.69, 9.17) is 4.74 Å². The monoisotopic (exact) mass is 344 g/mol. The summed E-state index contributed by atoms with van der Waals surface area (Å²) in [5.41, 5.74) is 0.703. The van der Waals surface area contributed by atoms with Gasteiger partial charge >= 0.3 is 0 Å². The van der Waals surface area contributed by atoms with Gasteiger partial charge < -0.3 is 9.64 Å². The van der Waals surface area contributed by atoms with Gasteiger partial charge in [-0.25, -0.2) is 0 Å². The van der Waals surface area contributed by atoms with E-state index in [0.29, 0.717) is 26.3 Å². The molecule has 2 fully saturated rings. The molecule has 0 spiro atoms. The van der Waals surface area contributed by atoms with Gasteiger partial charge in [0.25, 0.3) is 0 Å². The van der Waals surface area contributed by atoms with E-state index < -0.39 is 5.41 Å². The van der Waals surface area contributed by atoms with Crippen LogP contribution >= 0.6 is 0 Å². The van der Waals surface area contributed by atoms with Gasteiger partial charge in [0.15, 0.2) is 0 Å². The summed E-state index contributed by atoms with van der Waals surface area (Å²) in [7, 11) is 0. The standard InChI is InChI=1S/C20H28N2O3/c1-16(19(24)22-12-14-25-15-13-22)21-10-8-20(9-11-21,17(2)23)18-6-4-3-5-7-18/h3-7,16H,8-15H2,1-2H3/t16-/m0/s1. The molecular formula is C20H28N2O3. The van der Waals surface area contributed by atoms with E-state index in [1.807, 2.05) is 30.0 Å². The van der Waals surface area contributed by atoms with Crippen molar-refractivity contribution in [3.8, 4) is 0 Å². The molecule has 1 aromatic carbocycles. The summed E-state index contributed by atoms with van der Waals surface area (Å²) in [4.78, 5) is 29.3. The fourth-order valence-corrected chi connectivity index (χ4v) is 4.10. The van der Waals surface area contributed by atoms with Crippen molar-refractivity contribution in [2.75, 3.05) is 39.4 Å². The van der Waals surface area contributed by atoms with Gasteiger partial charge in [-0.3, -0.25) is 14.5 Å². The average Bonchev–Trinajstić information content (AvgIpc) is 2.68. The highest BCUT2D eigenvalue weighted by Gasteiger charge is 2.42. The number of carbonyl (C=O) groups excluding carboxylic acids is 2. The van der Waals surface area contributed by atoms with Gasteiger partial charge in [0.05, 0.1) is 24.7 Å². The second-order valence-electron chi connectivity index (χ2n) is 7.15. The Kier molecular flexibility index (Phi) is 5.54. The number of piperidine rings is 1. The van der Waals surface area contributed by atoms with Crippen molar-refractivity contribution in [1.29, 1.82) is 0 Å². The molecule has 5 nitrogen and oxygen atoms in total. The second-order valence-corrected chi connectivity index (χ2v) is 7.15. The first-order chi connectivity index (χ1) is 12.0. The highest BCUT2D eigenvalue weighted by molar-refractivity contribution is 5.88. The molecule has 2 aliphatic heterocycles. The zero-order valence-electron chi connectivity index (χ0n) is 15.2. The topological polar surface area (TPSA) is 49.9 Å². The first kappa shape index (κ1) is 18.1. The number of benzene rings is 1. The number of likely N-dealkylation sites (tertiary alicyclic amines) is 1. The highest BCUT2D eigenvalue weighted by Crippen LogP contribution is 2.37. The van der Waals surface area contributed by atoms with E-state index in [1.54, 1.807) is 6.92 Å². The Labute approximate surface area is 149 Å². The molecule has 1 amide bonds. The lowest BCUT2D eigenvalue weighted by Gasteiger charge is -2.43. The smallest absolute Gasteiger partial charge is 0.239 e. The molecule has 2 aliphatic rings. The maximum atomic E-state index is 12.7. The van der Waals surface area contributed by atoms with Gasteiger partial charge in [-0.2, -0.15) is 0 Å². The van der Waals surface area contributed by atoms with Crippen molar-refractivity contribution in [1.82, 2.24) is 9.80 Å². The quantitative estimate of drug-likeness (QED) is 0.837. The zero-order valence-corrected chi connectivity index (χ0v) is 15.2. The minimum Gasteiger partial charge on any atom is -0.378 e. The first-order valence-electron chi connectivity index (χ1n) is 9.22. The number of hydrogen-bond donors (Lipinski definition) is 0. The van der Waals surface area contributed by atoms with E-state index in [0.717, 1.165) is 31.5 Å². The lowest BCUT2D eigenvalue weighted by Crippen LogP contribution is -2.55. The van der Waals surface area contributed by atoms with Crippen LogP contribution in [0, 0.1) is 0 Å².